The van der Waals surface area contributed by atoms with Crippen molar-refractivity contribution in [2.75, 3.05) is 37.9 Å². The molecular formula is C8H15N5O3. The monoisotopic (exact) mass is 229 g/mol. The molecule has 90 valence electrons. The fourth-order valence-corrected chi connectivity index (χ4v) is 0.970. The van der Waals surface area contributed by atoms with Crippen molar-refractivity contribution in [3.63, 3.8) is 0 Å². The number of carbonyl (C=O) groups is 1. The molecule has 0 aliphatic heterocycles. The quantitative estimate of drug-likeness (QED) is 0.525. The van der Waals surface area contributed by atoms with Gasteiger partial charge in [-0.25, -0.2) is 0 Å². The Morgan fingerprint density at radius 3 is 2.94 bits per heavy atom. The van der Waals surface area contributed by atoms with E-state index < -0.39 is 0 Å². The zero-order valence-corrected chi connectivity index (χ0v) is 9.02. The van der Waals surface area contributed by atoms with Gasteiger partial charge in [-0.2, -0.15) is 0 Å². The molecule has 0 aliphatic rings. The van der Waals surface area contributed by atoms with E-state index in [1.54, 1.807) is 7.11 Å². The molecule has 1 heterocycles. The second-order valence-electron chi connectivity index (χ2n) is 2.96. The molecular weight excluding hydrogens is 214 g/mol. The van der Waals surface area contributed by atoms with E-state index in [9.17, 15) is 4.79 Å². The Morgan fingerprint density at radius 1 is 1.50 bits per heavy atom. The minimum atomic E-state index is -0.0722. The number of methoxy groups -OCH3 is 1. The van der Waals surface area contributed by atoms with Gasteiger partial charge in [0.05, 0.1) is 6.61 Å². The summed E-state index contributed by atoms with van der Waals surface area (Å²) < 4.78 is 9.65. The third-order valence-corrected chi connectivity index (χ3v) is 1.70. The number of rotatable bonds is 7. The summed E-state index contributed by atoms with van der Waals surface area (Å²) in [5.41, 5.74) is 5.22. The molecule has 0 aliphatic carbocycles. The van der Waals surface area contributed by atoms with Crippen LogP contribution >= 0.6 is 0 Å². The van der Waals surface area contributed by atoms with Crippen LogP contribution in [0.25, 0.3) is 0 Å². The normalized spacial score (nSPS) is 10.1. The van der Waals surface area contributed by atoms with Crippen molar-refractivity contribution in [2.45, 2.75) is 6.42 Å². The standard InChI is InChI=1S/C8H15N5O3/c1-15-5-4-10-6(14)2-3-11-8-13-12-7(9)16-8/h2-5H2,1H3,(H2,9,12)(H,10,14)(H,11,13). The Hall–Kier alpha value is -1.83. The molecule has 1 aromatic rings. The summed E-state index contributed by atoms with van der Waals surface area (Å²) in [7, 11) is 1.58. The zero-order valence-electron chi connectivity index (χ0n) is 9.02. The molecule has 1 rings (SSSR count). The van der Waals surface area contributed by atoms with E-state index >= 15 is 0 Å². The predicted octanol–water partition coefficient (Wildman–Crippen LogP) is -0.784. The second-order valence-corrected chi connectivity index (χ2v) is 2.96. The Balaban J connectivity index is 2.08. The van der Waals surface area contributed by atoms with E-state index in [-0.39, 0.29) is 17.9 Å². The van der Waals surface area contributed by atoms with Crippen LogP contribution in [-0.2, 0) is 9.53 Å². The Morgan fingerprint density at radius 2 is 2.31 bits per heavy atom. The van der Waals surface area contributed by atoms with Crippen molar-refractivity contribution >= 4 is 17.9 Å². The number of nitrogens with zero attached hydrogens (tertiary/aromatic N) is 2. The lowest BCUT2D eigenvalue weighted by molar-refractivity contribution is -0.121. The van der Waals surface area contributed by atoms with Gasteiger partial charge in [0.25, 0.3) is 0 Å². The Labute approximate surface area is 92.5 Å². The lowest BCUT2D eigenvalue weighted by Crippen LogP contribution is -2.28. The number of amides is 1. The van der Waals surface area contributed by atoms with E-state index in [0.29, 0.717) is 26.1 Å². The molecule has 16 heavy (non-hydrogen) atoms. The minimum absolute atomic E-state index is 0.00736. The van der Waals surface area contributed by atoms with E-state index in [2.05, 4.69) is 20.8 Å². The summed E-state index contributed by atoms with van der Waals surface area (Å²) in [6.07, 6.45) is 0.312. The summed E-state index contributed by atoms with van der Waals surface area (Å²) in [6.45, 7) is 1.41. The first-order valence-corrected chi connectivity index (χ1v) is 4.81. The third-order valence-electron chi connectivity index (χ3n) is 1.70. The fourth-order valence-electron chi connectivity index (χ4n) is 0.970. The highest BCUT2D eigenvalue weighted by Crippen LogP contribution is 2.05. The number of hydrogen-bond donors (Lipinski definition) is 3. The maximum atomic E-state index is 11.2. The Bertz CT molecular complexity index is 327. The average molecular weight is 229 g/mol. The molecule has 0 aromatic carbocycles. The maximum Gasteiger partial charge on any atom is 0.316 e. The Kier molecular flexibility index (Phi) is 5.06. The van der Waals surface area contributed by atoms with Gasteiger partial charge in [-0.05, 0) is 0 Å². The molecule has 8 heteroatoms. The van der Waals surface area contributed by atoms with Crippen LogP contribution in [0, 0.1) is 0 Å². The topological polar surface area (TPSA) is 115 Å². The summed E-state index contributed by atoms with van der Waals surface area (Å²) in [4.78, 5) is 11.2. The van der Waals surface area contributed by atoms with E-state index in [0.717, 1.165) is 0 Å². The van der Waals surface area contributed by atoms with Crippen LogP contribution in [0.1, 0.15) is 6.42 Å². The van der Waals surface area contributed by atoms with Gasteiger partial charge >= 0.3 is 12.0 Å². The minimum Gasteiger partial charge on any atom is -0.390 e. The van der Waals surface area contributed by atoms with Crippen LogP contribution < -0.4 is 16.4 Å². The van der Waals surface area contributed by atoms with Crippen molar-refractivity contribution in [3.05, 3.63) is 0 Å². The predicted molar refractivity (Wildman–Crippen MR) is 56.7 cm³/mol. The van der Waals surface area contributed by atoms with Gasteiger partial charge in [-0.1, -0.05) is 10.2 Å². The first-order chi connectivity index (χ1) is 7.72. The number of carbonyl (C=O) groups excluding carboxylic acids is 1. The zero-order chi connectivity index (χ0) is 11.8. The fraction of sp³-hybridized carbons (Fsp3) is 0.625. The molecule has 0 radical (unpaired) electrons. The number of ether oxygens (including phenoxy) is 1. The molecule has 0 saturated carbocycles. The highest BCUT2D eigenvalue weighted by molar-refractivity contribution is 5.76. The summed E-state index contributed by atoms with van der Waals surface area (Å²) in [5, 5.41) is 12.5. The van der Waals surface area contributed by atoms with Crippen LogP contribution in [-0.4, -0.2) is 42.9 Å². The second kappa shape index (κ2) is 6.62. The van der Waals surface area contributed by atoms with Gasteiger partial charge in [0.1, 0.15) is 0 Å². The molecule has 8 nitrogen and oxygen atoms in total. The molecule has 0 saturated heterocycles. The molecule has 0 unspecified atom stereocenters. The number of hydrogen-bond acceptors (Lipinski definition) is 7. The lowest BCUT2D eigenvalue weighted by Gasteiger charge is -2.04. The maximum absolute atomic E-state index is 11.2. The summed E-state index contributed by atoms with van der Waals surface area (Å²) in [5.74, 6) is -0.0722. The van der Waals surface area contributed by atoms with E-state index in [1.807, 2.05) is 0 Å². The van der Waals surface area contributed by atoms with Crippen molar-refractivity contribution in [2.24, 2.45) is 0 Å². The van der Waals surface area contributed by atoms with E-state index in [4.69, 9.17) is 14.9 Å². The molecule has 0 atom stereocenters. The van der Waals surface area contributed by atoms with Gasteiger partial charge < -0.3 is 25.5 Å². The number of nitrogens with one attached hydrogen (secondary N) is 2. The van der Waals surface area contributed by atoms with Crippen LogP contribution in [0.15, 0.2) is 4.42 Å². The SMILES string of the molecule is COCCNC(=O)CCNc1nnc(N)o1. The van der Waals surface area contributed by atoms with Crippen molar-refractivity contribution < 1.29 is 13.9 Å². The third kappa shape index (κ3) is 4.60. The van der Waals surface area contributed by atoms with Crippen molar-refractivity contribution in [1.29, 1.82) is 0 Å². The molecule has 0 fully saturated rings. The molecule has 0 spiro atoms. The van der Waals surface area contributed by atoms with Gasteiger partial charge in [-0.15, -0.1) is 0 Å². The van der Waals surface area contributed by atoms with Crippen LogP contribution in [0.5, 0.6) is 0 Å². The van der Waals surface area contributed by atoms with Crippen LogP contribution in [0.2, 0.25) is 0 Å². The lowest BCUT2D eigenvalue weighted by atomic mass is 10.4. The van der Waals surface area contributed by atoms with Gasteiger partial charge in [0, 0.05) is 26.6 Å². The first-order valence-electron chi connectivity index (χ1n) is 4.81. The van der Waals surface area contributed by atoms with Gasteiger partial charge in [-0.3, -0.25) is 4.79 Å². The van der Waals surface area contributed by atoms with Crippen LogP contribution in [0.4, 0.5) is 12.0 Å². The van der Waals surface area contributed by atoms with Crippen molar-refractivity contribution in [3.8, 4) is 0 Å². The van der Waals surface area contributed by atoms with Gasteiger partial charge in [0.15, 0.2) is 0 Å². The number of aromatic nitrogens is 2. The first kappa shape index (κ1) is 12.2. The highest BCUT2D eigenvalue weighted by atomic mass is 16.5. The van der Waals surface area contributed by atoms with Crippen LogP contribution in [0.3, 0.4) is 0 Å². The molecule has 1 aromatic heterocycles. The molecule has 0 bridgehead atoms. The number of nitrogen functional groups attached to an aromatic ring is 1. The smallest absolute Gasteiger partial charge is 0.316 e. The summed E-state index contributed by atoms with van der Waals surface area (Å²) in [6, 6.07) is 0.203. The largest absolute Gasteiger partial charge is 0.390 e. The summed E-state index contributed by atoms with van der Waals surface area (Å²) >= 11 is 0. The van der Waals surface area contributed by atoms with Crippen molar-refractivity contribution in [1.82, 2.24) is 15.5 Å². The molecule has 1 amide bonds. The number of anilines is 2. The van der Waals surface area contributed by atoms with Gasteiger partial charge in [0.2, 0.25) is 5.91 Å². The van der Waals surface area contributed by atoms with E-state index in [1.165, 1.54) is 0 Å². The number of nitrogens with two attached hydrogens (primary N) is 1. The molecule has 4 N–H and O–H groups in total. The average Bonchev–Trinajstić information content (AvgIpc) is 2.65. The highest BCUT2D eigenvalue weighted by Gasteiger charge is 2.03.